The molecule has 0 spiro atoms. The van der Waals surface area contributed by atoms with E-state index in [1.54, 1.807) is 0 Å². The highest BCUT2D eigenvalue weighted by atomic mass is 35.5. The lowest BCUT2D eigenvalue weighted by atomic mass is 10.1. The number of nitrogens with two attached hydrogens (primary N) is 1. The van der Waals surface area contributed by atoms with Gasteiger partial charge in [0, 0.05) is 6.20 Å². The SMILES string of the molecule is Cl.Cl.NC(Cc1ccnc(C(F)(F)F)c1)C(=O)O. The maximum atomic E-state index is 12.3. The van der Waals surface area contributed by atoms with Crippen LogP contribution in [0.2, 0.25) is 0 Å². The lowest BCUT2D eigenvalue weighted by molar-refractivity contribution is -0.141. The Morgan fingerprint density at radius 1 is 1.44 bits per heavy atom. The quantitative estimate of drug-likeness (QED) is 0.894. The van der Waals surface area contributed by atoms with Gasteiger partial charge in [0.2, 0.25) is 0 Å². The van der Waals surface area contributed by atoms with Gasteiger partial charge in [0.15, 0.2) is 0 Å². The van der Waals surface area contributed by atoms with Crippen molar-refractivity contribution < 1.29 is 23.1 Å². The fourth-order valence-electron chi connectivity index (χ4n) is 1.10. The molecule has 1 heterocycles. The molecular formula is C9H11Cl2F3N2O2. The van der Waals surface area contributed by atoms with Crippen LogP contribution in [0.25, 0.3) is 0 Å². The number of carboxylic acids is 1. The Kier molecular flexibility index (Phi) is 7.93. The molecule has 1 atom stereocenters. The van der Waals surface area contributed by atoms with Crippen LogP contribution < -0.4 is 5.73 Å². The van der Waals surface area contributed by atoms with Gasteiger partial charge in [-0.05, 0) is 24.1 Å². The summed E-state index contributed by atoms with van der Waals surface area (Å²) in [7, 11) is 0. The van der Waals surface area contributed by atoms with Crippen molar-refractivity contribution in [2.24, 2.45) is 5.73 Å². The fraction of sp³-hybridized carbons (Fsp3) is 0.333. The Bertz CT molecular complexity index is 402. The molecule has 3 N–H and O–H groups in total. The molecule has 18 heavy (non-hydrogen) atoms. The Hall–Kier alpha value is -1.05. The molecule has 104 valence electrons. The van der Waals surface area contributed by atoms with Crippen LogP contribution in [-0.2, 0) is 17.4 Å². The van der Waals surface area contributed by atoms with Crippen LogP contribution in [0.5, 0.6) is 0 Å². The second kappa shape index (κ2) is 7.40. The topological polar surface area (TPSA) is 76.2 Å². The van der Waals surface area contributed by atoms with Crippen LogP contribution in [0.4, 0.5) is 13.2 Å². The van der Waals surface area contributed by atoms with E-state index in [2.05, 4.69) is 4.98 Å². The molecule has 1 rings (SSSR count). The van der Waals surface area contributed by atoms with Crippen LogP contribution in [0, 0.1) is 0 Å². The van der Waals surface area contributed by atoms with Gasteiger partial charge in [-0.1, -0.05) is 0 Å². The third-order valence-corrected chi connectivity index (χ3v) is 1.89. The number of hydrogen-bond acceptors (Lipinski definition) is 3. The number of alkyl halides is 3. The van der Waals surface area contributed by atoms with Crippen molar-refractivity contribution in [3.8, 4) is 0 Å². The molecule has 0 radical (unpaired) electrons. The Labute approximate surface area is 113 Å². The summed E-state index contributed by atoms with van der Waals surface area (Å²) >= 11 is 0. The van der Waals surface area contributed by atoms with E-state index in [0.29, 0.717) is 0 Å². The lowest BCUT2D eigenvalue weighted by Crippen LogP contribution is -2.32. The summed E-state index contributed by atoms with van der Waals surface area (Å²) in [5.41, 5.74) is 4.35. The molecule has 0 fully saturated rings. The summed E-state index contributed by atoms with van der Waals surface area (Å²) in [5.74, 6) is -1.26. The highest BCUT2D eigenvalue weighted by molar-refractivity contribution is 5.85. The molecule has 4 nitrogen and oxygen atoms in total. The van der Waals surface area contributed by atoms with Gasteiger partial charge in [0.05, 0.1) is 0 Å². The zero-order valence-electron chi connectivity index (χ0n) is 8.85. The van der Waals surface area contributed by atoms with Gasteiger partial charge < -0.3 is 10.8 Å². The number of rotatable bonds is 3. The predicted molar refractivity (Wildman–Crippen MR) is 63.1 cm³/mol. The molecule has 0 aromatic carbocycles. The third kappa shape index (κ3) is 5.52. The Morgan fingerprint density at radius 3 is 2.44 bits per heavy atom. The van der Waals surface area contributed by atoms with E-state index >= 15 is 0 Å². The van der Waals surface area contributed by atoms with E-state index < -0.39 is 23.9 Å². The molecule has 0 amide bonds. The zero-order valence-corrected chi connectivity index (χ0v) is 10.5. The maximum Gasteiger partial charge on any atom is 0.433 e. The normalized spacial score (nSPS) is 12.0. The number of hydrogen-bond donors (Lipinski definition) is 2. The standard InChI is InChI=1S/C9H9F3N2O2.2ClH/c10-9(11,12)7-4-5(1-2-14-7)3-6(13)8(15)16;;/h1-2,4,6H,3,13H2,(H,15,16);2*1H. The first-order valence-corrected chi connectivity index (χ1v) is 4.31. The molecule has 0 bridgehead atoms. The van der Waals surface area contributed by atoms with Gasteiger partial charge in [0.25, 0.3) is 0 Å². The Balaban J connectivity index is 0. The van der Waals surface area contributed by atoms with Crippen molar-refractivity contribution in [1.29, 1.82) is 0 Å². The van der Waals surface area contributed by atoms with Crippen LogP contribution in [-0.4, -0.2) is 22.1 Å². The number of aromatic nitrogens is 1. The van der Waals surface area contributed by atoms with E-state index in [1.165, 1.54) is 6.07 Å². The Morgan fingerprint density at radius 2 is 2.00 bits per heavy atom. The van der Waals surface area contributed by atoms with Crippen molar-refractivity contribution in [2.75, 3.05) is 0 Å². The summed E-state index contributed by atoms with van der Waals surface area (Å²) in [4.78, 5) is 13.6. The van der Waals surface area contributed by atoms with Crippen LogP contribution >= 0.6 is 24.8 Å². The first-order chi connectivity index (χ1) is 7.30. The van der Waals surface area contributed by atoms with Crippen LogP contribution in [0.15, 0.2) is 18.3 Å². The molecule has 0 aliphatic rings. The maximum absolute atomic E-state index is 12.3. The van der Waals surface area contributed by atoms with Gasteiger partial charge in [-0.15, -0.1) is 24.8 Å². The molecular weight excluding hydrogens is 296 g/mol. The van der Waals surface area contributed by atoms with Crippen molar-refractivity contribution >= 4 is 30.8 Å². The largest absolute Gasteiger partial charge is 0.480 e. The smallest absolute Gasteiger partial charge is 0.433 e. The molecule has 0 aliphatic heterocycles. The van der Waals surface area contributed by atoms with E-state index in [1.807, 2.05) is 0 Å². The second-order valence-electron chi connectivity index (χ2n) is 3.20. The molecule has 1 aromatic rings. The minimum absolute atomic E-state index is 0. The fourth-order valence-corrected chi connectivity index (χ4v) is 1.10. The first kappa shape index (κ1) is 19.3. The number of halogens is 5. The van der Waals surface area contributed by atoms with Crippen molar-refractivity contribution in [3.05, 3.63) is 29.6 Å². The highest BCUT2D eigenvalue weighted by Crippen LogP contribution is 2.27. The highest BCUT2D eigenvalue weighted by Gasteiger charge is 2.32. The number of nitrogens with zero attached hydrogens (tertiary/aromatic N) is 1. The number of aliphatic carboxylic acids is 1. The van der Waals surface area contributed by atoms with Crippen molar-refractivity contribution in [1.82, 2.24) is 4.98 Å². The minimum Gasteiger partial charge on any atom is -0.480 e. The van der Waals surface area contributed by atoms with Crippen molar-refractivity contribution in [3.63, 3.8) is 0 Å². The van der Waals surface area contributed by atoms with Crippen LogP contribution in [0.1, 0.15) is 11.3 Å². The first-order valence-electron chi connectivity index (χ1n) is 4.31. The van der Waals surface area contributed by atoms with Gasteiger partial charge in [0.1, 0.15) is 11.7 Å². The minimum atomic E-state index is -4.54. The van der Waals surface area contributed by atoms with E-state index in [4.69, 9.17) is 10.8 Å². The van der Waals surface area contributed by atoms with E-state index in [9.17, 15) is 18.0 Å². The molecule has 0 aliphatic carbocycles. The van der Waals surface area contributed by atoms with E-state index in [-0.39, 0.29) is 36.8 Å². The molecule has 1 aromatic heterocycles. The van der Waals surface area contributed by atoms with Crippen molar-refractivity contribution in [2.45, 2.75) is 18.6 Å². The van der Waals surface area contributed by atoms with Gasteiger partial charge in [-0.25, -0.2) is 0 Å². The summed E-state index contributed by atoms with van der Waals surface area (Å²) in [6.45, 7) is 0. The monoisotopic (exact) mass is 306 g/mol. The number of carbonyl (C=O) groups is 1. The summed E-state index contributed by atoms with van der Waals surface area (Å²) in [6.07, 6.45) is -3.73. The predicted octanol–water partition coefficient (Wildman–Crippen LogP) is 1.90. The zero-order chi connectivity index (χ0) is 12.3. The third-order valence-electron chi connectivity index (χ3n) is 1.89. The van der Waals surface area contributed by atoms with Gasteiger partial charge in [-0.3, -0.25) is 9.78 Å². The van der Waals surface area contributed by atoms with Gasteiger partial charge in [-0.2, -0.15) is 13.2 Å². The van der Waals surface area contributed by atoms with Crippen LogP contribution in [0.3, 0.4) is 0 Å². The average Bonchev–Trinajstić information content (AvgIpc) is 2.16. The second-order valence-corrected chi connectivity index (χ2v) is 3.20. The number of pyridine rings is 1. The lowest BCUT2D eigenvalue weighted by Gasteiger charge is -2.09. The number of carboxylic acid groups (broad SMARTS) is 1. The van der Waals surface area contributed by atoms with Gasteiger partial charge >= 0.3 is 12.1 Å². The summed E-state index contributed by atoms with van der Waals surface area (Å²) < 4.78 is 36.8. The molecule has 0 saturated carbocycles. The summed E-state index contributed by atoms with van der Waals surface area (Å²) in [6, 6.07) is 0.879. The van der Waals surface area contributed by atoms with E-state index in [0.717, 1.165) is 12.3 Å². The molecule has 0 saturated heterocycles. The summed E-state index contributed by atoms with van der Waals surface area (Å²) in [5, 5.41) is 8.51. The average molecular weight is 307 g/mol. The molecule has 9 heteroatoms. The molecule has 1 unspecified atom stereocenters.